The van der Waals surface area contributed by atoms with Crippen molar-refractivity contribution in [2.45, 2.75) is 50.8 Å². The van der Waals surface area contributed by atoms with Crippen LogP contribution in [0.3, 0.4) is 0 Å². The number of benzene rings is 2. The van der Waals surface area contributed by atoms with Crippen LogP contribution in [0.1, 0.15) is 43.8 Å². The maximum absolute atomic E-state index is 6.10. The predicted molar refractivity (Wildman–Crippen MR) is 114 cm³/mol. The van der Waals surface area contributed by atoms with E-state index in [4.69, 9.17) is 4.74 Å². The normalized spacial score (nSPS) is 12.1. The highest BCUT2D eigenvalue weighted by Crippen LogP contribution is 2.27. The zero-order chi connectivity index (χ0) is 19.2. The summed E-state index contributed by atoms with van der Waals surface area (Å²) in [5, 5.41) is 9.72. The van der Waals surface area contributed by atoms with E-state index in [2.05, 4.69) is 74.9 Å². The number of rotatable bonds is 8. The maximum atomic E-state index is 6.10. The Bertz CT molecular complexity index is 879. The second-order valence-corrected chi connectivity index (χ2v) is 8.12. The van der Waals surface area contributed by atoms with Crippen LogP contribution in [0, 0.1) is 0 Å². The first kappa shape index (κ1) is 20.0. The summed E-state index contributed by atoms with van der Waals surface area (Å²) < 4.78 is 9.32. The molecule has 0 aliphatic rings. The molecule has 142 valence electrons. The summed E-state index contributed by atoms with van der Waals surface area (Å²) in [5.74, 6) is 2.56. The van der Waals surface area contributed by atoms with E-state index in [-0.39, 0.29) is 6.10 Å². The lowest BCUT2D eigenvalue weighted by Gasteiger charge is -2.16. The third kappa shape index (κ3) is 5.14. The van der Waals surface area contributed by atoms with Crippen LogP contribution in [0.4, 0.5) is 0 Å². The molecule has 1 atom stereocenters. The standard InChI is InChI=1S/C21H24BrN3OS/c1-4-16-9-11-19(12-10-16)26-15(3)20-23-24-21(25(20)5-2)27-14-17-7-6-8-18(22)13-17/h6-13,15H,4-5,14H2,1-3H3. The third-order valence-electron chi connectivity index (χ3n) is 4.33. The summed E-state index contributed by atoms with van der Waals surface area (Å²) in [5.41, 5.74) is 2.56. The van der Waals surface area contributed by atoms with E-state index in [1.807, 2.05) is 25.1 Å². The van der Waals surface area contributed by atoms with E-state index in [0.717, 1.165) is 39.9 Å². The molecule has 6 heteroatoms. The Morgan fingerprint density at radius 3 is 2.52 bits per heavy atom. The molecule has 4 nitrogen and oxygen atoms in total. The Kier molecular flexibility index (Phi) is 6.96. The largest absolute Gasteiger partial charge is 0.483 e. The van der Waals surface area contributed by atoms with Gasteiger partial charge in [0.1, 0.15) is 5.75 Å². The van der Waals surface area contributed by atoms with Gasteiger partial charge in [-0.2, -0.15) is 0 Å². The van der Waals surface area contributed by atoms with Gasteiger partial charge in [-0.3, -0.25) is 0 Å². The monoisotopic (exact) mass is 445 g/mol. The summed E-state index contributed by atoms with van der Waals surface area (Å²) in [6, 6.07) is 16.6. The first-order chi connectivity index (χ1) is 13.1. The molecule has 0 bridgehead atoms. The molecule has 0 saturated heterocycles. The molecule has 0 amide bonds. The number of ether oxygens (including phenoxy) is 1. The SMILES string of the molecule is CCc1ccc(OC(C)c2nnc(SCc3cccc(Br)c3)n2CC)cc1. The number of nitrogens with zero attached hydrogens (tertiary/aromatic N) is 3. The zero-order valence-electron chi connectivity index (χ0n) is 15.9. The van der Waals surface area contributed by atoms with Gasteiger partial charge in [0.05, 0.1) is 0 Å². The van der Waals surface area contributed by atoms with Gasteiger partial charge in [0.15, 0.2) is 17.1 Å². The van der Waals surface area contributed by atoms with Gasteiger partial charge in [-0.15, -0.1) is 10.2 Å². The Hall–Kier alpha value is -1.79. The number of hydrogen-bond acceptors (Lipinski definition) is 4. The van der Waals surface area contributed by atoms with E-state index in [0.29, 0.717) is 0 Å². The van der Waals surface area contributed by atoms with E-state index >= 15 is 0 Å². The molecule has 0 saturated carbocycles. The van der Waals surface area contributed by atoms with E-state index in [9.17, 15) is 0 Å². The molecule has 0 fully saturated rings. The number of halogens is 1. The molecule has 0 N–H and O–H groups in total. The Morgan fingerprint density at radius 2 is 1.85 bits per heavy atom. The molecule has 3 aromatic rings. The minimum absolute atomic E-state index is 0.162. The van der Waals surface area contributed by atoms with Crippen LogP contribution in [0.5, 0.6) is 5.75 Å². The molecular formula is C21H24BrN3OS. The Labute approximate surface area is 173 Å². The van der Waals surface area contributed by atoms with Gasteiger partial charge in [0, 0.05) is 16.8 Å². The predicted octanol–water partition coefficient (Wildman–Crippen LogP) is 6.06. The summed E-state index contributed by atoms with van der Waals surface area (Å²) in [7, 11) is 0. The van der Waals surface area contributed by atoms with Gasteiger partial charge >= 0.3 is 0 Å². The minimum Gasteiger partial charge on any atom is -0.483 e. The summed E-state index contributed by atoms with van der Waals surface area (Å²) in [4.78, 5) is 0. The van der Waals surface area contributed by atoms with Gasteiger partial charge in [-0.05, 0) is 55.7 Å². The molecule has 0 aliphatic carbocycles. The topological polar surface area (TPSA) is 39.9 Å². The number of aromatic nitrogens is 3. The number of thioether (sulfide) groups is 1. The van der Waals surface area contributed by atoms with Crippen LogP contribution in [0.2, 0.25) is 0 Å². The van der Waals surface area contributed by atoms with Crippen molar-refractivity contribution >= 4 is 27.7 Å². The molecule has 1 heterocycles. The smallest absolute Gasteiger partial charge is 0.191 e. The van der Waals surface area contributed by atoms with Crippen LogP contribution in [-0.4, -0.2) is 14.8 Å². The van der Waals surface area contributed by atoms with E-state index < -0.39 is 0 Å². The van der Waals surface area contributed by atoms with Crippen molar-refractivity contribution in [1.29, 1.82) is 0 Å². The number of aryl methyl sites for hydroxylation is 1. The summed E-state index contributed by atoms with van der Waals surface area (Å²) in [6.45, 7) is 7.09. The van der Waals surface area contributed by atoms with Crippen LogP contribution in [0.25, 0.3) is 0 Å². The Morgan fingerprint density at radius 1 is 1.07 bits per heavy atom. The van der Waals surface area contributed by atoms with Crippen molar-refractivity contribution in [3.8, 4) is 5.75 Å². The summed E-state index contributed by atoms with van der Waals surface area (Å²) >= 11 is 5.22. The molecule has 2 aromatic carbocycles. The molecular weight excluding hydrogens is 422 g/mol. The molecule has 0 radical (unpaired) electrons. The minimum atomic E-state index is -0.162. The third-order valence-corrected chi connectivity index (χ3v) is 5.86. The number of hydrogen-bond donors (Lipinski definition) is 0. The first-order valence-corrected chi connectivity index (χ1v) is 10.9. The van der Waals surface area contributed by atoms with Crippen LogP contribution >= 0.6 is 27.7 Å². The van der Waals surface area contributed by atoms with Gasteiger partial charge in [-0.1, -0.05) is 58.9 Å². The highest BCUT2D eigenvalue weighted by atomic mass is 79.9. The van der Waals surface area contributed by atoms with Gasteiger partial charge in [0.2, 0.25) is 0 Å². The second kappa shape index (κ2) is 9.42. The van der Waals surface area contributed by atoms with E-state index in [1.165, 1.54) is 11.1 Å². The second-order valence-electron chi connectivity index (χ2n) is 6.26. The fourth-order valence-electron chi connectivity index (χ4n) is 2.84. The lowest BCUT2D eigenvalue weighted by atomic mass is 10.2. The van der Waals surface area contributed by atoms with Crippen LogP contribution in [0.15, 0.2) is 58.2 Å². The van der Waals surface area contributed by atoms with Crippen molar-refractivity contribution in [3.63, 3.8) is 0 Å². The lowest BCUT2D eigenvalue weighted by Crippen LogP contribution is -2.12. The molecule has 0 spiro atoms. The van der Waals surface area contributed by atoms with E-state index in [1.54, 1.807) is 11.8 Å². The highest BCUT2D eigenvalue weighted by molar-refractivity contribution is 9.10. The van der Waals surface area contributed by atoms with Gasteiger partial charge in [0.25, 0.3) is 0 Å². The zero-order valence-corrected chi connectivity index (χ0v) is 18.3. The average Bonchev–Trinajstić information content (AvgIpc) is 3.10. The van der Waals surface area contributed by atoms with Crippen molar-refractivity contribution in [3.05, 3.63) is 70.0 Å². The Balaban J connectivity index is 1.70. The van der Waals surface area contributed by atoms with Crippen molar-refractivity contribution in [1.82, 2.24) is 14.8 Å². The van der Waals surface area contributed by atoms with Crippen LogP contribution < -0.4 is 4.74 Å². The fourth-order valence-corrected chi connectivity index (χ4v) is 4.24. The average molecular weight is 446 g/mol. The van der Waals surface area contributed by atoms with Crippen molar-refractivity contribution in [2.24, 2.45) is 0 Å². The van der Waals surface area contributed by atoms with Crippen molar-refractivity contribution < 1.29 is 4.74 Å². The van der Waals surface area contributed by atoms with Gasteiger partial charge < -0.3 is 9.30 Å². The molecule has 1 unspecified atom stereocenters. The van der Waals surface area contributed by atoms with Crippen molar-refractivity contribution in [2.75, 3.05) is 0 Å². The van der Waals surface area contributed by atoms with Crippen LogP contribution in [-0.2, 0) is 18.7 Å². The molecule has 0 aliphatic heterocycles. The quantitative estimate of drug-likeness (QED) is 0.395. The highest BCUT2D eigenvalue weighted by Gasteiger charge is 2.18. The lowest BCUT2D eigenvalue weighted by molar-refractivity contribution is 0.210. The maximum Gasteiger partial charge on any atom is 0.191 e. The first-order valence-electron chi connectivity index (χ1n) is 9.16. The van der Waals surface area contributed by atoms with Gasteiger partial charge in [-0.25, -0.2) is 0 Å². The fraction of sp³-hybridized carbons (Fsp3) is 0.333. The molecule has 1 aromatic heterocycles. The summed E-state index contributed by atoms with van der Waals surface area (Å²) in [6.07, 6.45) is 0.864. The molecule has 27 heavy (non-hydrogen) atoms. The molecule has 3 rings (SSSR count).